The number of hydrogen-bond acceptors (Lipinski definition) is 3. The van der Waals surface area contributed by atoms with Gasteiger partial charge in [-0.15, -0.1) is 0 Å². The summed E-state index contributed by atoms with van der Waals surface area (Å²) in [5.41, 5.74) is 0.887. The molecular formula is C6H4N2S2. The summed E-state index contributed by atoms with van der Waals surface area (Å²) >= 11 is 6.48. The standard InChI is InChI=1S/C6H4N2S2/c9-6-4-2-1-3-7-5(4)8-10-6/h1-3H,(H,7,8). The van der Waals surface area contributed by atoms with Crippen LogP contribution in [0.2, 0.25) is 0 Å². The number of pyridine rings is 1. The lowest BCUT2D eigenvalue weighted by molar-refractivity contribution is 1.37. The number of aromatic amines is 1. The summed E-state index contributed by atoms with van der Waals surface area (Å²) < 4.78 is 3.89. The van der Waals surface area contributed by atoms with Gasteiger partial charge in [-0.3, -0.25) is 4.37 Å². The number of H-pyrrole nitrogens is 1. The van der Waals surface area contributed by atoms with Crippen LogP contribution in [0.3, 0.4) is 0 Å². The number of fused-ring (bicyclic) bond motifs is 1. The first-order chi connectivity index (χ1) is 4.88. The van der Waals surface area contributed by atoms with Crippen LogP contribution in [0.5, 0.6) is 0 Å². The fourth-order valence-corrected chi connectivity index (χ4v) is 1.72. The molecule has 10 heavy (non-hydrogen) atoms. The molecular weight excluding hydrogens is 164 g/mol. The predicted molar refractivity (Wildman–Crippen MR) is 44.8 cm³/mol. The average Bonchev–Trinajstić information content (AvgIpc) is 2.34. The minimum atomic E-state index is 0.878. The normalized spacial score (nSPS) is 10.4. The lowest BCUT2D eigenvalue weighted by Crippen LogP contribution is -1.70. The van der Waals surface area contributed by atoms with Gasteiger partial charge in [0.2, 0.25) is 0 Å². The van der Waals surface area contributed by atoms with Crippen molar-refractivity contribution in [1.82, 2.24) is 9.36 Å². The van der Waals surface area contributed by atoms with Crippen molar-refractivity contribution in [2.45, 2.75) is 0 Å². The minimum absolute atomic E-state index is 0.878. The molecule has 0 saturated carbocycles. The summed E-state index contributed by atoms with van der Waals surface area (Å²) in [6.45, 7) is 0. The molecule has 0 unspecified atom stereocenters. The van der Waals surface area contributed by atoms with E-state index in [1.165, 1.54) is 11.5 Å². The molecule has 2 aromatic heterocycles. The van der Waals surface area contributed by atoms with Crippen molar-refractivity contribution in [1.29, 1.82) is 0 Å². The topological polar surface area (TPSA) is 28.7 Å². The molecule has 0 aliphatic heterocycles. The highest BCUT2D eigenvalue weighted by molar-refractivity contribution is 7.73. The van der Waals surface area contributed by atoms with Gasteiger partial charge in [0.25, 0.3) is 0 Å². The molecule has 0 bridgehead atoms. The zero-order valence-electron chi connectivity index (χ0n) is 5.00. The monoisotopic (exact) mass is 168 g/mol. The van der Waals surface area contributed by atoms with Crippen molar-refractivity contribution in [3.8, 4) is 0 Å². The van der Waals surface area contributed by atoms with E-state index < -0.39 is 0 Å². The van der Waals surface area contributed by atoms with Crippen molar-refractivity contribution in [3.05, 3.63) is 22.2 Å². The number of aromatic nitrogens is 2. The Bertz CT molecular complexity index is 401. The molecule has 2 heterocycles. The van der Waals surface area contributed by atoms with Crippen LogP contribution in [0.4, 0.5) is 0 Å². The Morgan fingerprint density at radius 2 is 2.50 bits per heavy atom. The van der Waals surface area contributed by atoms with Crippen LogP contribution >= 0.6 is 23.8 Å². The Balaban J connectivity index is 3.07. The van der Waals surface area contributed by atoms with Gasteiger partial charge in [-0.05, 0) is 23.7 Å². The van der Waals surface area contributed by atoms with E-state index in [2.05, 4.69) is 9.36 Å². The molecule has 0 aromatic carbocycles. The number of nitrogens with zero attached hydrogens (tertiary/aromatic N) is 1. The smallest absolute Gasteiger partial charge is 0.148 e. The first-order valence-corrected chi connectivity index (χ1v) is 4.02. The Kier molecular flexibility index (Phi) is 1.28. The predicted octanol–water partition coefficient (Wildman–Crippen LogP) is 2.35. The maximum absolute atomic E-state index is 5.03. The molecule has 50 valence electrons. The molecule has 0 saturated heterocycles. The molecule has 0 fully saturated rings. The molecule has 0 radical (unpaired) electrons. The van der Waals surface area contributed by atoms with Crippen molar-refractivity contribution in [2.75, 3.05) is 0 Å². The van der Waals surface area contributed by atoms with Gasteiger partial charge in [0.05, 0.1) is 0 Å². The lowest BCUT2D eigenvalue weighted by atomic mass is 10.4. The third-order valence-electron chi connectivity index (χ3n) is 1.27. The van der Waals surface area contributed by atoms with E-state index in [0.29, 0.717) is 0 Å². The average molecular weight is 168 g/mol. The number of rotatable bonds is 0. The zero-order chi connectivity index (χ0) is 6.97. The number of nitrogens with one attached hydrogen (secondary N) is 1. The summed E-state index contributed by atoms with van der Waals surface area (Å²) in [5, 5.41) is 1.04. The molecule has 2 rings (SSSR count). The Morgan fingerprint density at radius 1 is 1.60 bits per heavy atom. The van der Waals surface area contributed by atoms with Crippen LogP contribution in [-0.4, -0.2) is 9.36 Å². The van der Waals surface area contributed by atoms with Gasteiger partial charge in [-0.2, -0.15) is 0 Å². The summed E-state index contributed by atoms with van der Waals surface area (Å²) in [4.78, 5) is 4.09. The fourth-order valence-electron chi connectivity index (χ4n) is 0.801. The SMILES string of the molecule is S=c1s[nH]c2ncccc12. The van der Waals surface area contributed by atoms with Crippen molar-refractivity contribution in [3.63, 3.8) is 0 Å². The summed E-state index contributed by atoms with van der Waals surface area (Å²) in [6, 6.07) is 3.86. The van der Waals surface area contributed by atoms with Crippen molar-refractivity contribution < 1.29 is 0 Å². The van der Waals surface area contributed by atoms with Gasteiger partial charge < -0.3 is 0 Å². The van der Waals surface area contributed by atoms with Crippen LogP contribution in [0.25, 0.3) is 11.0 Å². The number of hydrogen-bond donors (Lipinski definition) is 1. The van der Waals surface area contributed by atoms with E-state index in [1.54, 1.807) is 6.20 Å². The molecule has 2 nitrogen and oxygen atoms in total. The highest BCUT2D eigenvalue weighted by Crippen LogP contribution is 2.13. The summed E-state index contributed by atoms with van der Waals surface area (Å²) in [6.07, 6.45) is 1.75. The molecule has 1 N–H and O–H groups in total. The molecule has 2 aromatic rings. The second kappa shape index (κ2) is 2.14. The highest BCUT2D eigenvalue weighted by atomic mass is 32.2. The van der Waals surface area contributed by atoms with Crippen LogP contribution in [0.1, 0.15) is 0 Å². The molecule has 4 heteroatoms. The molecule has 0 aliphatic rings. The zero-order valence-corrected chi connectivity index (χ0v) is 6.63. The second-order valence-electron chi connectivity index (χ2n) is 1.89. The Morgan fingerprint density at radius 3 is 3.30 bits per heavy atom. The van der Waals surface area contributed by atoms with Gasteiger partial charge in [-0.1, -0.05) is 12.2 Å². The first kappa shape index (κ1) is 6.00. The maximum atomic E-state index is 5.03. The van der Waals surface area contributed by atoms with Crippen molar-refractivity contribution in [2.24, 2.45) is 0 Å². The molecule has 0 atom stereocenters. The van der Waals surface area contributed by atoms with Crippen LogP contribution < -0.4 is 0 Å². The van der Waals surface area contributed by atoms with E-state index in [4.69, 9.17) is 12.2 Å². The fraction of sp³-hybridized carbons (Fsp3) is 0. The van der Waals surface area contributed by atoms with Gasteiger partial charge in [0.1, 0.15) is 9.47 Å². The Hall–Kier alpha value is -0.740. The third-order valence-corrected chi connectivity index (χ3v) is 2.44. The molecule has 0 spiro atoms. The quantitative estimate of drug-likeness (QED) is 0.612. The van der Waals surface area contributed by atoms with Gasteiger partial charge in [0, 0.05) is 11.6 Å². The van der Waals surface area contributed by atoms with Crippen LogP contribution in [0.15, 0.2) is 18.3 Å². The summed E-state index contributed by atoms with van der Waals surface area (Å²) in [5.74, 6) is 0. The maximum Gasteiger partial charge on any atom is 0.148 e. The van der Waals surface area contributed by atoms with Gasteiger partial charge in [-0.25, -0.2) is 4.98 Å². The first-order valence-electron chi connectivity index (χ1n) is 2.80. The van der Waals surface area contributed by atoms with E-state index in [-0.39, 0.29) is 0 Å². The van der Waals surface area contributed by atoms with Gasteiger partial charge in [0.15, 0.2) is 0 Å². The summed E-state index contributed by atoms with van der Waals surface area (Å²) in [7, 11) is 0. The van der Waals surface area contributed by atoms with Crippen LogP contribution in [0, 0.1) is 3.82 Å². The van der Waals surface area contributed by atoms with Crippen molar-refractivity contribution >= 4 is 34.8 Å². The van der Waals surface area contributed by atoms with Crippen LogP contribution in [-0.2, 0) is 0 Å². The molecule has 0 amide bonds. The third kappa shape index (κ3) is 0.767. The highest BCUT2D eigenvalue weighted by Gasteiger charge is 1.94. The van der Waals surface area contributed by atoms with E-state index in [1.807, 2.05) is 12.1 Å². The Labute approximate surface area is 66.7 Å². The second-order valence-corrected chi connectivity index (χ2v) is 3.37. The largest absolute Gasteiger partial charge is 0.294 e. The van der Waals surface area contributed by atoms with E-state index >= 15 is 0 Å². The molecule has 0 aliphatic carbocycles. The minimum Gasteiger partial charge on any atom is -0.294 e. The van der Waals surface area contributed by atoms with E-state index in [9.17, 15) is 0 Å². The van der Waals surface area contributed by atoms with Gasteiger partial charge >= 0.3 is 0 Å². The van der Waals surface area contributed by atoms with E-state index in [0.717, 1.165) is 14.9 Å². The lowest BCUT2D eigenvalue weighted by Gasteiger charge is -1.81.